The summed E-state index contributed by atoms with van der Waals surface area (Å²) in [6.07, 6.45) is 0.600. The van der Waals surface area contributed by atoms with Gasteiger partial charge in [0.05, 0.1) is 18.8 Å². The van der Waals surface area contributed by atoms with Crippen molar-refractivity contribution in [1.29, 1.82) is 0 Å². The van der Waals surface area contributed by atoms with Crippen LogP contribution in [0.25, 0.3) is 0 Å². The Kier molecular flexibility index (Phi) is 5.83. The summed E-state index contributed by atoms with van der Waals surface area (Å²) in [5, 5.41) is 3.36. The van der Waals surface area contributed by atoms with Crippen molar-refractivity contribution >= 4 is 5.69 Å². The molecule has 1 aromatic carbocycles. The average molecular weight is 278 g/mol. The zero-order valence-electron chi connectivity index (χ0n) is 12.8. The van der Waals surface area contributed by atoms with Gasteiger partial charge in [0, 0.05) is 39.0 Å². The number of anilines is 1. The molecule has 0 bridgehead atoms. The van der Waals surface area contributed by atoms with E-state index in [2.05, 4.69) is 48.3 Å². The molecular formula is C16H26N2O2. The van der Waals surface area contributed by atoms with E-state index in [1.54, 1.807) is 7.11 Å². The lowest BCUT2D eigenvalue weighted by Crippen LogP contribution is -2.45. The Balaban J connectivity index is 1.87. The summed E-state index contributed by atoms with van der Waals surface area (Å²) in [6.45, 7) is 8.73. The van der Waals surface area contributed by atoms with Crippen molar-refractivity contribution in [2.45, 2.75) is 32.6 Å². The van der Waals surface area contributed by atoms with Gasteiger partial charge in [-0.05, 0) is 31.5 Å². The topological polar surface area (TPSA) is 33.7 Å². The van der Waals surface area contributed by atoms with Gasteiger partial charge in [-0.1, -0.05) is 12.1 Å². The summed E-state index contributed by atoms with van der Waals surface area (Å²) in [5.41, 5.74) is 2.59. The van der Waals surface area contributed by atoms with E-state index in [-0.39, 0.29) is 0 Å². The Morgan fingerprint density at radius 1 is 1.20 bits per heavy atom. The first-order chi connectivity index (χ1) is 9.69. The quantitative estimate of drug-likeness (QED) is 0.807. The molecule has 112 valence electrons. The zero-order chi connectivity index (χ0) is 14.4. The fourth-order valence-corrected chi connectivity index (χ4v) is 2.62. The van der Waals surface area contributed by atoms with Crippen LogP contribution in [0.5, 0.6) is 0 Å². The highest BCUT2D eigenvalue weighted by Gasteiger charge is 2.22. The molecule has 0 spiro atoms. The summed E-state index contributed by atoms with van der Waals surface area (Å²) in [5.74, 6) is 0. The molecule has 1 aromatic rings. The minimum absolute atomic E-state index is 0.300. The van der Waals surface area contributed by atoms with Crippen LogP contribution in [0.2, 0.25) is 0 Å². The fourth-order valence-electron chi connectivity index (χ4n) is 2.62. The SMILES string of the molecule is COCCNCc1ccc(N2C[C@@H](C)O[C@@H](C)C2)cc1. The lowest BCUT2D eigenvalue weighted by Gasteiger charge is -2.36. The van der Waals surface area contributed by atoms with Crippen molar-refractivity contribution in [3.8, 4) is 0 Å². The van der Waals surface area contributed by atoms with E-state index in [1.807, 2.05) is 0 Å². The van der Waals surface area contributed by atoms with E-state index < -0.39 is 0 Å². The van der Waals surface area contributed by atoms with Crippen molar-refractivity contribution in [2.24, 2.45) is 0 Å². The highest BCUT2D eigenvalue weighted by atomic mass is 16.5. The summed E-state index contributed by atoms with van der Waals surface area (Å²) in [7, 11) is 1.72. The molecule has 0 radical (unpaired) electrons. The highest BCUT2D eigenvalue weighted by Crippen LogP contribution is 2.20. The van der Waals surface area contributed by atoms with E-state index in [0.29, 0.717) is 12.2 Å². The first-order valence-electron chi connectivity index (χ1n) is 7.38. The second-order valence-electron chi connectivity index (χ2n) is 5.50. The molecule has 4 nitrogen and oxygen atoms in total. The lowest BCUT2D eigenvalue weighted by atomic mass is 10.1. The number of morpholine rings is 1. The maximum Gasteiger partial charge on any atom is 0.0726 e. The smallest absolute Gasteiger partial charge is 0.0726 e. The molecule has 2 rings (SSSR count). The fraction of sp³-hybridized carbons (Fsp3) is 0.625. The van der Waals surface area contributed by atoms with Crippen molar-refractivity contribution in [2.75, 3.05) is 38.3 Å². The van der Waals surface area contributed by atoms with Crippen LogP contribution in [0.4, 0.5) is 5.69 Å². The highest BCUT2D eigenvalue weighted by molar-refractivity contribution is 5.48. The van der Waals surface area contributed by atoms with Crippen LogP contribution in [0.3, 0.4) is 0 Å². The average Bonchev–Trinajstić information content (AvgIpc) is 2.43. The minimum atomic E-state index is 0.300. The summed E-state index contributed by atoms with van der Waals surface area (Å²) in [6, 6.07) is 8.80. The van der Waals surface area contributed by atoms with E-state index in [4.69, 9.17) is 9.47 Å². The predicted octanol–water partition coefficient (Wildman–Crippen LogP) is 2.04. The van der Waals surface area contributed by atoms with Crippen molar-refractivity contribution < 1.29 is 9.47 Å². The number of methoxy groups -OCH3 is 1. The largest absolute Gasteiger partial charge is 0.383 e. The molecule has 0 unspecified atom stereocenters. The Morgan fingerprint density at radius 3 is 2.45 bits per heavy atom. The first-order valence-corrected chi connectivity index (χ1v) is 7.38. The number of rotatable bonds is 6. The van der Waals surface area contributed by atoms with E-state index >= 15 is 0 Å². The summed E-state index contributed by atoms with van der Waals surface area (Å²) < 4.78 is 10.8. The molecular weight excluding hydrogens is 252 g/mol. The number of hydrogen-bond acceptors (Lipinski definition) is 4. The third-order valence-electron chi connectivity index (χ3n) is 3.53. The van der Waals surface area contributed by atoms with Gasteiger partial charge in [0.2, 0.25) is 0 Å². The van der Waals surface area contributed by atoms with Crippen LogP contribution in [0.1, 0.15) is 19.4 Å². The van der Waals surface area contributed by atoms with E-state index in [9.17, 15) is 0 Å². The van der Waals surface area contributed by atoms with Crippen molar-refractivity contribution in [1.82, 2.24) is 5.32 Å². The molecule has 0 amide bonds. The molecule has 1 aliphatic heterocycles. The molecule has 2 atom stereocenters. The minimum Gasteiger partial charge on any atom is -0.383 e. The molecule has 0 saturated carbocycles. The van der Waals surface area contributed by atoms with Gasteiger partial charge in [-0.25, -0.2) is 0 Å². The number of benzene rings is 1. The maximum atomic E-state index is 5.77. The summed E-state index contributed by atoms with van der Waals surface area (Å²) >= 11 is 0. The van der Waals surface area contributed by atoms with Gasteiger partial charge in [-0.2, -0.15) is 0 Å². The predicted molar refractivity (Wildman–Crippen MR) is 82.2 cm³/mol. The summed E-state index contributed by atoms with van der Waals surface area (Å²) in [4.78, 5) is 2.40. The van der Waals surface area contributed by atoms with Crippen LogP contribution in [-0.2, 0) is 16.0 Å². The van der Waals surface area contributed by atoms with Crippen LogP contribution >= 0.6 is 0 Å². The van der Waals surface area contributed by atoms with Gasteiger partial charge < -0.3 is 19.7 Å². The van der Waals surface area contributed by atoms with E-state index in [1.165, 1.54) is 11.3 Å². The molecule has 1 aliphatic rings. The van der Waals surface area contributed by atoms with Gasteiger partial charge in [0.25, 0.3) is 0 Å². The van der Waals surface area contributed by atoms with Gasteiger partial charge in [0.1, 0.15) is 0 Å². The van der Waals surface area contributed by atoms with Crippen LogP contribution < -0.4 is 10.2 Å². The lowest BCUT2D eigenvalue weighted by molar-refractivity contribution is -0.00521. The molecule has 1 N–H and O–H groups in total. The van der Waals surface area contributed by atoms with Crippen LogP contribution in [0, 0.1) is 0 Å². The second-order valence-corrected chi connectivity index (χ2v) is 5.50. The van der Waals surface area contributed by atoms with Gasteiger partial charge in [0.15, 0.2) is 0 Å². The Bertz CT molecular complexity index is 384. The molecule has 0 aliphatic carbocycles. The zero-order valence-corrected chi connectivity index (χ0v) is 12.8. The van der Waals surface area contributed by atoms with Crippen molar-refractivity contribution in [3.63, 3.8) is 0 Å². The number of hydrogen-bond donors (Lipinski definition) is 1. The van der Waals surface area contributed by atoms with Gasteiger partial charge >= 0.3 is 0 Å². The Labute approximate surface area is 122 Å². The first kappa shape index (κ1) is 15.3. The molecule has 1 fully saturated rings. The van der Waals surface area contributed by atoms with Gasteiger partial charge in [-0.3, -0.25) is 0 Å². The molecule has 1 saturated heterocycles. The number of ether oxygens (including phenoxy) is 2. The van der Waals surface area contributed by atoms with Crippen LogP contribution in [-0.4, -0.2) is 45.6 Å². The monoisotopic (exact) mass is 278 g/mol. The Hall–Kier alpha value is -1.10. The van der Waals surface area contributed by atoms with Crippen molar-refractivity contribution in [3.05, 3.63) is 29.8 Å². The normalized spacial score (nSPS) is 23.1. The molecule has 1 heterocycles. The molecule has 4 heteroatoms. The third-order valence-corrected chi connectivity index (χ3v) is 3.53. The van der Waals surface area contributed by atoms with E-state index in [0.717, 1.165) is 32.8 Å². The Morgan fingerprint density at radius 2 is 1.85 bits per heavy atom. The van der Waals surface area contributed by atoms with Gasteiger partial charge in [-0.15, -0.1) is 0 Å². The van der Waals surface area contributed by atoms with Crippen LogP contribution in [0.15, 0.2) is 24.3 Å². The third kappa shape index (κ3) is 4.47. The maximum absolute atomic E-state index is 5.77. The number of nitrogens with one attached hydrogen (secondary N) is 1. The second kappa shape index (κ2) is 7.62. The number of nitrogens with zero attached hydrogens (tertiary/aromatic N) is 1. The molecule has 20 heavy (non-hydrogen) atoms. The molecule has 0 aromatic heterocycles. The standard InChI is InChI=1S/C16H26N2O2/c1-13-11-18(12-14(2)20-13)16-6-4-15(5-7-16)10-17-8-9-19-3/h4-7,13-14,17H,8-12H2,1-3H3/t13-,14+.